The summed E-state index contributed by atoms with van der Waals surface area (Å²) in [5.74, 6) is -0.628. The highest BCUT2D eigenvalue weighted by atomic mass is 16.5. The lowest BCUT2D eigenvalue weighted by Gasteiger charge is -2.37. The zero-order valence-corrected chi connectivity index (χ0v) is 17.6. The maximum absolute atomic E-state index is 12.8. The highest BCUT2D eigenvalue weighted by molar-refractivity contribution is 6.57. The van der Waals surface area contributed by atoms with Crippen LogP contribution in [0.3, 0.4) is 0 Å². The maximum atomic E-state index is 12.8. The lowest BCUT2D eigenvalue weighted by molar-refractivity contribution is -0.132. The van der Waals surface area contributed by atoms with Crippen molar-refractivity contribution in [3.8, 4) is 0 Å². The highest BCUT2D eigenvalue weighted by Crippen LogP contribution is 2.41. The SMILES string of the molecule is [B]C(=O)N1C(CC)C(CC2CCC(O)CC2C(=O)NC(C)(C)C)OC1(C)C. The number of rotatable bonds is 4. The van der Waals surface area contributed by atoms with E-state index in [1.54, 1.807) is 4.90 Å². The number of ether oxygens (including phenoxy) is 1. The van der Waals surface area contributed by atoms with Crippen molar-refractivity contribution in [1.29, 1.82) is 0 Å². The van der Waals surface area contributed by atoms with Gasteiger partial charge in [-0.25, -0.2) is 0 Å². The molecule has 7 heteroatoms. The van der Waals surface area contributed by atoms with Gasteiger partial charge in [0.2, 0.25) is 13.8 Å². The van der Waals surface area contributed by atoms with Gasteiger partial charge in [0.15, 0.2) is 5.81 Å². The van der Waals surface area contributed by atoms with Crippen LogP contribution in [0.5, 0.6) is 0 Å². The van der Waals surface area contributed by atoms with Gasteiger partial charge in [-0.1, -0.05) is 6.92 Å². The number of aliphatic hydroxyl groups is 1. The third-order valence-corrected chi connectivity index (χ3v) is 5.77. The first-order valence-electron chi connectivity index (χ1n) is 10.1. The third kappa shape index (κ3) is 5.26. The van der Waals surface area contributed by atoms with E-state index in [4.69, 9.17) is 12.6 Å². The molecular weight excluding hydrogens is 343 g/mol. The Bertz CT molecular complexity index is 561. The summed E-state index contributed by atoms with van der Waals surface area (Å²) in [7, 11) is 5.61. The summed E-state index contributed by atoms with van der Waals surface area (Å²) in [4.78, 5) is 26.4. The number of nitrogens with zero attached hydrogens (tertiary/aromatic N) is 1. The predicted octanol–water partition coefficient (Wildman–Crippen LogP) is 2.57. The number of hydrogen-bond acceptors (Lipinski definition) is 4. The molecule has 1 aliphatic carbocycles. The molecule has 1 aliphatic heterocycles. The third-order valence-electron chi connectivity index (χ3n) is 5.77. The van der Waals surface area contributed by atoms with Gasteiger partial charge in [-0.3, -0.25) is 9.59 Å². The van der Waals surface area contributed by atoms with Gasteiger partial charge in [-0.15, -0.1) is 0 Å². The zero-order chi connectivity index (χ0) is 20.6. The van der Waals surface area contributed by atoms with Crippen molar-refractivity contribution < 1.29 is 19.4 Å². The molecule has 1 saturated carbocycles. The molecule has 2 aliphatic rings. The van der Waals surface area contributed by atoms with Crippen LogP contribution < -0.4 is 5.32 Å². The molecule has 0 bridgehead atoms. The maximum Gasteiger partial charge on any atom is 0.223 e. The standard InChI is InChI=1S/C20H35BN2O4/c1-7-15-16(27-20(5,6)23(15)18(21)26)10-12-8-9-13(24)11-14(12)17(25)22-19(2,3)4/h12-16,24H,7-11H2,1-6H3,(H,22,25). The topological polar surface area (TPSA) is 78.9 Å². The van der Waals surface area contributed by atoms with E-state index in [9.17, 15) is 14.7 Å². The van der Waals surface area contributed by atoms with Crippen LogP contribution >= 0.6 is 0 Å². The molecule has 0 aromatic carbocycles. The van der Waals surface area contributed by atoms with Gasteiger partial charge in [0.1, 0.15) is 5.72 Å². The summed E-state index contributed by atoms with van der Waals surface area (Å²) in [5.41, 5.74) is -1.07. The Hall–Kier alpha value is -1.08. The first kappa shape index (κ1) is 22.2. The molecule has 0 spiro atoms. The van der Waals surface area contributed by atoms with E-state index in [0.29, 0.717) is 19.3 Å². The highest BCUT2D eigenvalue weighted by Gasteiger charge is 2.49. The number of aliphatic hydroxyl groups excluding tert-OH is 1. The molecule has 0 aromatic rings. The van der Waals surface area contributed by atoms with Gasteiger partial charge in [-0.2, -0.15) is 0 Å². The van der Waals surface area contributed by atoms with Gasteiger partial charge in [0, 0.05) is 11.5 Å². The zero-order valence-electron chi connectivity index (χ0n) is 17.6. The van der Waals surface area contributed by atoms with E-state index >= 15 is 0 Å². The van der Waals surface area contributed by atoms with E-state index in [1.807, 2.05) is 41.5 Å². The predicted molar refractivity (Wildman–Crippen MR) is 105 cm³/mol. The minimum Gasteiger partial charge on any atom is -0.393 e. The smallest absolute Gasteiger partial charge is 0.223 e. The minimum atomic E-state index is -0.755. The number of carbonyl (C=O) groups is 2. The summed E-state index contributed by atoms with van der Waals surface area (Å²) < 4.78 is 6.22. The Morgan fingerprint density at radius 3 is 2.44 bits per heavy atom. The molecule has 6 nitrogen and oxygen atoms in total. The fraction of sp³-hybridized carbons (Fsp3) is 0.900. The molecule has 1 heterocycles. The number of hydrogen-bond donors (Lipinski definition) is 2. The Kier molecular flexibility index (Phi) is 6.68. The van der Waals surface area contributed by atoms with Gasteiger partial charge in [0.25, 0.3) is 0 Å². The van der Waals surface area contributed by atoms with Crippen molar-refractivity contribution in [2.45, 2.75) is 103 Å². The fourth-order valence-corrected chi connectivity index (χ4v) is 4.73. The number of nitrogens with one attached hydrogen (secondary N) is 1. The van der Waals surface area contributed by atoms with Gasteiger partial charge < -0.3 is 20.1 Å². The van der Waals surface area contributed by atoms with Crippen LogP contribution in [0.15, 0.2) is 0 Å². The van der Waals surface area contributed by atoms with Crippen LogP contribution in [0, 0.1) is 11.8 Å². The molecule has 5 unspecified atom stereocenters. The van der Waals surface area contributed by atoms with Crippen LogP contribution in [0.25, 0.3) is 0 Å². The largest absolute Gasteiger partial charge is 0.393 e. The van der Waals surface area contributed by atoms with E-state index in [0.717, 1.165) is 12.8 Å². The van der Waals surface area contributed by atoms with E-state index in [1.165, 1.54) is 0 Å². The Balaban J connectivity index is 2.17. The Morgan fingerprint density at radius 1 is 1.30 bits per heavy atom. The van der Waals surface area contributed by atoms with Crippen LogP contribution in [0.1, 0.15) is 73.6 Å². The molecule has 2 N–H and O–H groups in total. The molecule has 2 rings (SSSR count). The van der Waals surface area contributed by atoms with Gasteiger partial charge in [-0.05, 0) is 72.6 Å². The van der Waals surface area contributed by atoms with E-state index in [-0.39, 0.29) is 35.4 Å². The van der Waals surface area contributed by atoms with Crippen molar-refractivity contribution in [2.24, 2.45) is 11.8 Å². The molecule has 1 saturated heterocycles. The van der Waals surface area contributed by atoms with Gasteiger partial charge in [0.05, 0.1) is 18.2 Å². The second-order valence-corrected chi connectivity index (χ2v) is 9.60. The summed E-state index contributed by atoms with van der Waals surface area (Å²) in [6.07, 6.45) is 2.75. The average molecular weight is 378 g/mol. The molecule has 0 aromatic heterocycles. The second-order valence-electron chi connectivity index (χ2n) is 9.60. The van der Waals surface area contributed by atoms with E-state index < -0.39 is 17.6 Å². The molecular formula is C20H35BN2O4. The second kappa shape index (κ2) is 8.12. The van der Waals surface area contributed by atoms with E-state index in [2.05, 4.69) is 5.32 Å². The Labute approximate surface area is 164 Å². The quantitative estimate of drug-likeness (QED) is 0.737. The monoisotopic (exact) mass is 378 g/mol. The van der Waals surface area contributed by atoms with Crippen molar-refractivity contribution in [3.63, 3.8) is 0 Å². The van der Waals surface area contributed by atoms with Crippen molar-refractivity contribution in [1.82, 2.24) is 10.2 Å². The summed E-state index contributed by atoms with van der Waals surface area (Å²) in [6, 6.07) is -0.101. The first-order chi connectivity index (χ1) is 12.4. The van der Waals surface area contributed by atoms with Crippen molar-refractivity contribution in [3.05, 3.63) is 0 Å². The minimum absolute atomic E-state index is 0.0108. The first-order valence-corrected chi connectivity index (χ1v) is 10.1. The van der Waals surface area contributed by atoms with Crippen LogP contribution in [-0.4, -0.2) is 59.1 Å². The van der Waals surface area contributed by atoms with Crippen molar-refractivity contribution in [2.75, 3.05) is 0 Å². The molecule has 2 amide bonds. The molecule has 5 atom stereocenters. The normalized spacial score (nSPS) is 33.7. The lowest BCUT2D eigenvalue weighted by Crippen LogP contribution is -2.49. The number of carbonyl (C=O) groups excluding carboxylic acids is 2. The molecule has 27 heavy (non-hydrogen) atoms. The average Bonchev–Trinajstić information content (AvgIpc) is 2.77. The van der Waals surface area contributed by atoms with Crippen LogP contribution in [-0.2, 0) is 9.53 Å². The van der Waals surface area contributed by atoms with Crippen LogP contribution in [0.4, 0.5) is 4.79 Å². The van der Waals surface area contributed by atoms with Crippen LogP contribution in [0.2, 0.25) is 0 Å². The summed E-state index contributed by atoms with van der Waals surface area (Å²) in [6.45, 7) is 11.6. The lowest BCUT2D eigenvalue weighted by atomic mass is 9.74. The summed E-state index contributed by atoms with van der Waals surface area (Å²) >= 11 is 0. The molecule has 2 radical (unpaired) electrons. The Morgan fingerprint density at radius 2 is 1.93 bits per heavy atom. The molecule has 152 valence electrons. The van der Waals surface area contributed by atoms with Crippen molar-refractivity contribution >= 4 is 19.6 Å². The summed E-state index contributed by atoms with van der Waals surface area (Å²) in [5, 5.41) is 13.2. The van der Waals surface area contributed by atoms with Gasteiger partial charge >= 0.3 is 0 Å². The molecule has 2 fully saturated rings. The fourth-order valence-electron chi connectivity index (χ4n) is 4.73. The number of amides is 2.